The summed E-state index contributed by atoms with van der Waals surface area (Å²) in [6.45, 7) is 4.97. The molecule has 0 aromatic carbocycles. The highest BCUT2D eigenvalue weighted by Crippen LogP contribution is 2.18. The molecule has 0 saturated carbocycles. The third-order valence-corrected chi connectivity index (χ3v) is 5.18. The molecule has 1 saturated heterocycles. The molecule has 4 heterocycles. The number of piperazine rings is 1. The van der Waals surface area contributed by atoms with Crippen molar-refractivity contribution in [2.24, 2.45) is 0 Å². The highest BCUT2D eigenvalue weighted by Gasteiger charge is 2.22. The fourth-order valence-electron chi connectivity index (χ4n) is 2.95. The SMILES string of the molecule is Cc1nnc2cc(N3CCN(C(=O)Cc4cccs4)CC3)cnn12. The molecule has 24 heavy (non-hydrogen) atoms. The van der Waals surface area contributed by atoms with Crippen molar-refractivity contribution in [3.63, 3.8) is 0 Å². The predicted octanol–water partition coefficient (Wildman–Crippen LogP) is 1.39. The molecule has 8 heteroatoms. The summed E-state index contributed by atoms with van der Waals surface area (Å²) < 4.78 is 1.73. The van der Waals surface area contributed by atoms with Gasteiger partial charge in [0.2, 0.25) is 5.91 Å². The van der Waals surface area contributed by atoms with Gasteiger partial charge in [-0.3, -0.25) is 4.79 Å². The molecule has 0 atom stereocenters. The Kier molecular flexibility index (Phi) is 3.89. The predicted molar refractivity (Wildman–Crippen MR) is 92.3 cm³/mol. The van der Waals surface area contributed by atoms with E-state index in [1.165, 1.54) is 0 Å². The number of amides is 1. The van der Waals surface area contributed by atoms with E-state index in [1.54, 1.807) is 15.9 Å². The van der Waals surface area contributed by atoms with Crippen LogP contribution in [0.2, 0.25) is 0 Å². The second kappa shape index (κ2) is 6.20. The van der Waals surface area contributed by atoms with Gasteiger partial charge in [-0.25, -0.2) is 0 Å². The van der Waals surface area contributed by atoms with Crippen molar-refractivity contribution < 1.29 is 4.79 Å². The summed E-state index contributed by atoms with van der Waals surface area (Å²) in [5, 5.41) is 14.6. The van der Waals surface area contributed by atoms with Gasteiger partial charge in [0.1, 0.15) is 0 Å². The molecule has 0 spiro atoms. The zero-order valence-corrected chi connectivity index (χ0v) is 14.2. The highest BCUT2D eigenvalue weighted by atomic mass is 32.1. The molecule has 0 aliphatic carbocycles. The van der Waals surface area contributed by atoms with E-state index in [0.29, 0.717) is 6.42 Å². The van der Waals surface area contributed by atoms with Gasteiger partial charge in [-0.2, -0.15) is 9.61 Å². The number of anilines is 1. The average Bonchev–Trinajstić information content (AvgIpc) is 3.25. The van der Waals surface area contributed by atoms with Crippen molar-refractivity contribution in [2.75, 3.05) is 31.1 Å². The van der Waals surface area contributed by atoms with Crippen molar-refractivity contribution in [2.45, 2.75) is 13.3 Å². The van der Waals surface area contributed by atoms with Crippen LogP contribution in [-0.4, -0.2) is 56.8 Å². The molecule has 3 aromatic heterocycles. The molecule has 7 nitrogen and oxygen atoms in total. The number of rotatable bonds is 3. The molecular formula is C16H18N6OS. The van der Waals surface area contributed by atoms with Gasteiger partial charge >= 0.3 is 0 Å². The van der Waals surface area contributed by atoms with Crippen LogP contribution in [-0.2, 0) is 11.2 Å². The maximum atomic E-state index is 12.4. The first-order valence-electron chi connectivity index (χ1n) is 7.94. The van der Waals surface area contributed by atoms with E-state index in [9.17, 15) is 4.79 Å². The number of hydrogen-bond donors (Lipinski definition) is 0. The maximum Gasteiger partial charge on any atom is 0.227 e. The van der Waals surface area contributed by atoms with Gasteiger partial charge in [-0.05, 0) is 18.4 Å². The van der Waals surface area contributed by atoms with Gasteiger partial charge < -0.3 is 9.80 Å². The van der Waals surface area contributed by atoms with Gasteiger partial charge in [-0.1, -0.05) is 6.07 Å². The van der Waals surface area contributed by atoms with E-state index in [1.807, 2.05) is 41.6 Å². The molecule has 3 aromatic rings. The quantitative estimate of drug-likeness (QED) is 0.719. The molecule has 0 N–H and O–H groups in total. The highest BCUT2D eigenvalue weighted by molar-refractivity contribution is 7.10. The summed E-state index contributed by atoms with van der Waals surface area (Å²) in [6.07, 6.45) is 2.34. The number of carbonyl (C=O) groups is 1. The van der Waals surface area contributed by atoms with Crippen LogP contribution >= 0.6 is 11.3 Å². The van der Waals surface area contributed by atoms with Crippen LogP contribution in [0.15, 0.2) is 29.8 Å². The second-order valence-electron chi connectivity index (χ2n) is 5.85. The van der Waals surface area contributed by atoms with Crippen molar-refractivity contribution in [3.05, 3.63) is 40.5 Å². The zero-order chi connectivity index (χ0) is 16.5. The molecule has 0 bridgehead atoms. The molecule has 1 fully saturated rings. The average molecular weight is 342 g/mol. The Bertz CT molecular complexity index is 851. The summed E-state index contributed by atoms with van der Waals surface area (Å²) >= 11 is 1.63. The van der Waals surface area contributed by atoms with Gasteiger partial charge in [0.05, 0.1) is 18.3 Å². The van der Waals surface area contributed by atoms with Crippen LogP contribution in [0.3, 0.4) is 0 Å². The lowest BCUT2D eigenvalue weighted by Crippen LogP contribution is -2.49. The smallest absolute Gasteiger partial charge is 0.227 e. The van der Waals surface area contributed by atoms with E-state index >= 15 is 0 Å². The third kappa shape index (κ3) is 2.84. The van der Waals surface area contributed by atoms with Gasteiger partial charge in [-0.15, -0.1) is 21.5 Å². The molecule has 1 aliphatic heterocycles. The second-order valence-corrected chi connectivity index (χ2v) is 6.89. The number of aromatic nitrogens is 4. The van der Waals surface area contributed by atoms with E-state index in [2.05, 4.69) is 20.2 Å². The number of aryl methyl sites for hydroxylation is 1. The summed E-state index contributed by atoms with van der Waals surface area (Å²) in [6, 6.07) is 6.00. The van der Waals surface area contributed by atoms with Crippen LogP contribution in [0, 0.1) is 6.92 Å². The summed E-state index contributed by atoms with van der Waals surface area (Å²) in [5.41, 5.74) is 1.78. The molecule has 1 amide bonds. The summed E-state index contributed by atoms with van der Waals surface area (Å²) in [4.78, 5) is 17.7. The molecule has 0 unspecified atom stereocenters. The van der Waals surface area contributed by atoms with Crippen molar-refractivity contribution >= 4 is 28.6 Å². The van der Waals surface area contributed by atoms with Crippen molar-refractivity contribution in [1.82, 2.24) is 24.7 Å². The molecular weight excluding hydrogens is 324 g/mol. The van der Waals surface area contributed by atoms with Crippen LogP contribution in [0.1, 0.15) is 10.7 Å². The van der Waals surface area contributed by atoms with E-state index in [-0.39, 0.29) is 5.91 Å². The largest absolute Gasteiger partial charge is 0.367 e. The minimum atomic E-state index is 0.207. The van der Waals surface area contributed by atoms with E-state index in [4.69, 9.17) is 0 Å². The molecule has 124 valence electrons. The van der Waals surface area contributed by atoms with Gasteiger partial charge in [0.15, 0.2) is 11.5 Å². The lowest BCUT2D eigenvalue weighted by Gasteiger charge is -2.35. The van der Waals surface area contributed by atoms with Crippen molar-refractivity contribution in [3.8, 4) is 0 Å². The number of nitrogens with zero attached hydrogens (tertiary/aromatic N) is 6. The molecule has 1 aliphatic rings. The Balaban J connectivity index is 1.40. The number of fused-ring (bicyclic) bond motifs is 1. The lowest BCUT2D eigenvalue weighted by atomic mass is 10.2. The Hall–Kier alpha value is -2.48. The fourth-order valence-corrected chi connectivity index (χ4v) is 3.65. The minimum absolute atomic E-state index is 0.207. The van der Waals surface area contributed by atoms with Crippen LogP contribution in [0.25, 0.3) is 5.65 Å². The first-order chi connectivity index (χ1) is 11.7. The monoisotopic (exact) mass is 342 g/mol. The Labute approximate surface area is 143 Å². The normalized spacial score (nSPS) is 15.2. The standard InChI is InChI=1S/C16H18N6OS/c1-12-18-19-15-9-13(11-17-22(12)15)20-4-6-21(7-5-20)16(23)10-14-3-2-8-24-14/h2-3,8-9,11H,4-7,10H2,1H3. The fraction of sp³-hybridized carbons (Fsp3) is 0.375. The summed E-state index contributed by atoms with van der Waals surface area (Å²) in [7, 11) is 0. The number of carbonyl (C=O) groups excluding carboxylic acids is 1. The van der Waals surface area contributed by atoms with Crippen molar-refractivity contribution in [1.29, 1.82) is 0 Å². The maximum absolute atomic E-state index is 12.4. The number of hydrogen-bond acceptors (Lipinski definition) is 6. The topological polar surface area (TPSA) is 66.6 Å². The number of thiophene rings is 1. The molecule has 0 radical (unpaired) electrons. The van der Waals surface area contributed by atoms with Gasteiger partial charge in [0.25, 0.3) is 0 Å². The van der Waals surface area contributed by atoms with Crippen LogP contribution in [0.4, 0.5) is 5.69 Å². The first-order valence-corrected chi connectivity index (χ1v) is 8.82. The summed E-state index contributed by atoms with van der Waals surface area (Å²) in [5.74, 6) is 0.985. The Morgan fingerprint density at radius 2 is 2.08 bits per heavy atom. The van der Waals surface area contributed by atoms with Crippen LogP contribution < -0.4 is 4.90 Å². The first kappa shape index (κ1) is 15.1. The molecule has 4 rings (SSSR count). The lowest BCUT2D eigenvalue weighted by molar-refractivity contribution is -0.130. The van der Waals surface area contributed by atoms with Gasteiger partial charge in [0, 0.05) is 37.1 Å². The zero-order valence-electron chi connectivity index (χ0n) is 13.4. The van der Waals surface area contributed by atoms with E-state index in [0.717, 1.165) is 48.2 Å². The Morgan fingerprint density at radius 3 is 2.83 bits per heavy atom. The third-order valence-electron chi connectivity index (χ3n) is 4.31. The minimum Gasteiger partial charge on any atom is -0.367 e. The van der Waals surface area contributed by atoms with E-state index < -0.39 is 0 Å². The van der Waals surface area contributed by atoms with Crippen LogP contribution in [0.5, 0.6) is 0 Å². The Morgan fingerprint density at radius 1 is 1.25 bits per heavy atom.